The number of Topliss-reactive ketones (excluding diaryl/α,β-unsaturated/α-hetero) is 6. The van der Waals surface area contributed by atoms with Gasteiger partial charge in [-0.15, -0.1) is 0 Å². The summed E-state index contributed by atoms with van der Waals surface area (Å²) in [6.07, 6.45) is -1.75. The van der Waals surface area contributed by atoms with Gasteiger partial charge in [-0.05, 0) is 269 Å². The third-order valence-electron chi connectivity index (χ3n) is 19.7. The summed E-state index contributed by atoms with van der Waals surface area (Å²) in [6, 6.07) is 30.8. The molecule has 9 aromatic rings. The maximum atomic E-state index is 13.5. The number of aliphatic hydroxyl groups is 1. The van der Waals surface area contributed by atoms with E-state index in [4.69, 9.17) is 62.1 Å². The summed E-state index contributed by atoms with van der Waals surface area (Å²) in [6.45, 7) is 33.4. The average Bonchev–Trinajstić information content (AvgIpc) is 1.62. The minimum atomic E-state index is -2.74. The number of halogens is 6. The number of ether oxygens (including phenoxy) is 6. The molecular formula is C90H101I6N3O25. The van der Waals surface area contributed by atoms with Crippen molar-refractivity contribution >= 4 is 239 Å². The topological polar surface area (TPSA) is 390 Å². The Morgan fingerprint density at radius 2 is 0.589 bits per heavy atom. The molecule has 0 spiro atoms. The van der Waals surface area contributed by atoms with E-state index in [0.717, 1.165) is 80.3 Å². The van der Waals surface area contributed by atoms with Crippen LogP contribution < -0.4 is 14.2 Å². The molecule has 0 saturated heterocycles. The Morgan fingerprint density at radius 1 is 0.363 bits per heavy atom. The highest BCUT2D eigenvalue weighted by Gasteiger charge is 2.41. The van der Waals surface area contributed by atoms with Crippen molar-refractivity contribution in [2.24, 2.45) is 0 Å². The Hall–Kier alpha value is -7.60. The number of likely N-dealkylation sites (N-methyl/N-ethyl adjacent to an activating group) is 3. The first-order chi connectivity index (χ1) is 58.9. The van der Waals surface area contributed by atoms with Gasteiger partial charge in [-0.2, -0.15) is 0 Å². The van der Waals surface area contributed by atoms with E-state index in [1.165, 1.54) is 0 Å². The van der Waals surface area contributed by atoms with Crippen LogP contribution in [0.4, 0.5) is 0 Å². The summed E-state index contributed by atoms with van der Waals surface area (Å²) in [5.74, 6) is -8.25. The molecule has 34 heteroatoms. The van der Waals surface area contributed by atoms with Crippen LogP contribution in [-0.4, -0.2) is 208 Å². The summed E-state index contributed by atoms with van der Waals surface area (Å²) in [5.41, 5.74) is -0.348. The molecule has 3 heterocycles. The molecule has 28 nitrogen and oxygen atoms in total. The van der Waals surface area contributed by atoms with Crippen LogP contribution >= 0.6 is 136 Å². The highest BCUT2D eigenvalue weighted by molar-refractivity contribution is 14.1. The third kappa shape index (κ3) is 30.0. The van der Waals surface area contributed by atoms with Crippen molar-refractivity contribution in [1.29, 1.82) is 0 Å². The number of benzene rings is 6. The largest absolute Gasteiger partial charge is 0.490 e. The van der Waals surface area contributed by atoms with Crippen molar-refractivity contribution in [2.45, 2.75) is 158 Å². The van der Waals surface area contributed by atoms with E-state index in [1.807, 2.05) is 20.8 Å². The Kier molecular flexibility index (Phi) is 43.6. The Bertz CT molecular complexity index is 4740. The molecule has 0 aliphatic heterocycles. The zero-order chi connectivity index (χ0) is 92.0. The van der Waals surface area contributed by atoms with E-state index in [0.29, 0.717) is 89.2 Å². The lowest BCUT2D eigenvalue weighted by Crippen LogP contribution is -2.42. The number of ketones is 6. The first kappa shape index (κ1) is 105. The number of fused-ring (bicyclic) bond motifs is 3. The molecule has 0 unspecified atom stereocenters. The second-order valence-electron chi connectivity index (χ2n) is 28.2. The second-order valence-corrected chi connectivity index (χ2v) is 35.2. The molecule has 3 aromatic heterocycles. The average molecular weight is 2390 g/mol. The van der Waals surface area contributed by atoms with Gasteiger partial charge < -0.3 is 76.8 Å². The summed E-state index contributed by atoms with van der Waals surface area (Å²) in [5, 5.41) is 35.3. The van der Waals surface area contributed by atoms with E-state index < -0.39 is 89.0 Å². The van der Waals surface area contributed by atoms with Crippen LogP contribution in [0.15, 0.2) is 122 Å². The van der Waals surface area contributed by atoms with Gasteiger partial charge in [0.05, 0.1) is 69.3 Å². The monoisotopic (exact) mass is 2390 g/mol. The lowest BCUT2D eigenvalue weighted by Gasteiger charge is -2.19. The first-order valence-electron chi connectivity index (χ1n) is 40.1. The van der Waals surface area contributed by atoms with Gasteiger partial charge in [0, 0.05) is 52.5 Å². The number of furan rings is 3. The second kappa shape index (κ2) is 51.4. The zero-order valence-electron chi connectivity index (χ0n) is 70.7. The molecule has 0 saturated carbocycles. The minimum absolute atomic E-state index is 0.103. The maximum absolute atomic E-state index is 13.5. The molecule has 0 aliphatic carbocycles. The Morgan fingerprint density at radius 3 is 0.790 bits per heavy atom. The highest BCUT2D eigenvalue weighted by atomic mass is 127. The van der Waals surface area contributed by atoms with Crippen LogP contribution in [0, 0.1) is 21.4 Å². The van der Waals surface area contributed by atoms with Gasteiger partial charge in [-0.3, -0.25) is 52.7 Å². The normalized spacial score (nSPS) is 12.0. The fourth-order valence-corrected chi connectivity index (χ4v) is 18.5. The summed E-state index contributed by atoms with van der Waals surface area (Å²) in [7, 11) is 0. The highest BCUT2D eigenvalue weighted by Crippen LogP contribution is 2.37. The number of rotatable bonds is 44. The van der Waals surface area contributed by atoms with E-state index in [1.54, 1.807) is 130 Å². The van der Waals surface area contributed by atoms with Crippen molar-refractivity contribution in [2.75, 3.05) is 78.7 Å². The fourth-order valence-electron chi connectivity index (χ4n) is 12.2. The lowest BCUT2D eigenvalue weighted by atomic mass is 9.96. The molecule has 0 radical (unpaired) electrons. The molecule has 4 N–H and O–H groups in total. The maximum Gasteiger partial charge on any atom is 0.336 e. The van der Waals surface area contributed by atoms with Crippen LogP contribution in [0.1, 0.15) is 195 Å². The van der Waals surface area contributed by atoms with E-state index in [2.05, 4.69) is 192 Å². The van der Waals surface area contributed by atoms with Gasteiger partial charge in [-0.1, -0.05) is 117 Å². The Balaban J connectivity index is 0.000000268. The summed E-state index contributed by atoms with van der Waals surface area (Å²) in [4.78, 5) is 155. The number of carbonyl (C=O) groups is 12. The van der Waals surface area contributed by atoms with E-state index in [-0.39, 0.29) is 88.2 Å². The van der Waals surface area contributed by atoms with Crippen molar-refractivity contribution in [3.63, 3.8) is 0 Å². The van der Waals surface area contributed by atoms with Crippen molar-refractivity contribution in [1.82, 2.24) is 14.7 Å². The van der Waals surface area contributed by atoms with Crippen molar-refractivity contribution in [3.05, 3.63) is 181 Å². The van der Waals surface area contributed by atoms with Gasteiger partial charge in [0.2, 0.25) is 34.7 Å². The van der Waals surface area contributed by atoms with Gasteiger partial charge >= 0.3 is 35.8 Å². The number of nitrogens with zero attached hydrogens (tertiary/aromatic N) is 3. The smallest absolute Gasteiger partial charge is 0.336 e. The minimum Gasteiger partial charge on any atom is -0.490 e. The van der Waals surface area contributed by atoms with Crippen molar-refractivity contribution < 1.29 is 120 Å². The third-order valence-corrected chi connectivity index (χ3v) is 24.5. The van der Waals surface area contributed by atoms with Crippen molar-refractivity contribution in [3.8, 4) is 17.2 Å². The fraction of sp³-hybridized carbons (Fsp3) is 0.400. The van der Waals surface area contributed by atoms with E-state index >= 15 is 0 Å². The first-order valence-corrected chi connectivity index (χ1v) is 46.6. The molecule has 0 amide bonds. The summed E-state index contributed by atoms with van der Waals surface area (Å²) >= 11 is 12.7. The van der Waals surface area contributed by atoms with Crippen LogP contribution in [0.25, 0.3) is 32.9 Å². The quantitative estimate of drug-likeness (QED) is 0.00906. The standard InChI is InChI=1S/3C28H31I2NO6.C6H8O7/c3*1-5-17(4)36-24(32)16-23-25(19-10-8-9-11-22(19)37-23)27(34)26(33)18-14-20(29)28(21(30)15-18)35-13-12-31(6-2)7-3;7-3(8)1-6(13,5(11)12)2-4(9)10/h3*8-11,14-15,17H,5-7,12-13,16H2,1-4H3;13H,1-2H2,(H,7,8)(H,9,10)(H,11,12)/t3*17-;/m000./s1. The van der Waals surface area contributed by atoms with Gasteiger partial charge in [-0.25, -0.2) is 4.79 Å². The number of esters is 3. The molecule has 0 bridgehead atoms. The van der Waals surface area contributed by atoms with Gasteiger partial charge in [0.15, 0.2) is 5.60 Å². The number of hydrogen-bond donors (Lipinski definition) is 4. The number of aliphatic carboxylic acids is 3. The van der Waals surface area contributed by atoms with Crippen LogP contribution in [0.3, 0.4) is 0 Å². The number of carboxylic acids is 3. The SMILES string of the molecule is CC[C@H](C)OC(=O)Cc1oc2ccccc2c1C(=O)C(=O)c1cc(I)c(OCCN(CC)CC)c(I)c1.CC[C@H](C)OC(=O)Cc1oc2ccccc2c1C(=O)C(=O)c1cc(I)c(OCCN(CC)CC)c(I)c1.CC[C@H](C)OC(=O)Cc1oc2ccccc2c1C(=O)C(=O)c1cc(I)c(OCCN(CC)CC)c(I)c1.O=C(O)CC(O)(CC(=O)O)C(=O)O. The lowest BCUT2D eigenvalue weighted by molar-refractivity contribution is -0.170. The number of para-hydroxylation sites is 3. The molecule has 0 aliphatic rings. The van der Waals surface area contributed by atoms with Crippen LogP contribution in [0.2, 0.25) is 0 Å². The number of hydrogen-bond acceptors (Lipinski definition) is 25. The van der Waals surface area contributed by atoms with E-state index in [9.17, 15) is 57.5 Å². The molecule has 124 heavy (non-hydrogen) atoms. The predicted molar refractivity (Wildman–Crippen MR) is 516 cm³/mol. The molecule has 6 aromatic carbocycles. The Labute approximate surface area is 800 Å². The molecule has 668 valence electrons. The zero-order valence-corrected chi connectivity index (χ0v) is 83.7. The predicted octanol–water partition coefficient (Wildman–Crippen LogP) is 17.7. The van der Waals surface area contributed by atoms with Crippen LogP contribution in [-0.2, 0) is 62.2 Å². The van der Waals surface area contributed by atoms with Crippen LogP contribution in [0.5, 0.6) is 17.2 Å². The van der Waals surface area contributed by atoms with Gasteiger partial charge in [0.1, 0.15) is 90.4 Å². The molecule has 3 atom stereocenters. The summed E-state index contributed by atoms with van der Waals surface area (Å²) < 4.78 is 56.1. The van der Waals surface area contributed by atoms with Gasteiger partial charge in [0.25, 0.3) is 0 Å². The molecule has 9 rings (SSSR count). The number of carbonyl (C=O) groups excluding carboxylic acids is 9. The molecular weight excluding hydrogens is 2280 g/mol. The molecule has 0 fully saturated rings. The number of carboxylic acid groups (broad SMARTS) is 3.